The summed E-state index contributed by atoms with van der Waals surface area (Å²) in [6.07, 6.45) is 6.56. The van der Waals surface area contributed by atoms with E-state index in [0.29, 0.717) is 49.2 Å². The largest absolute Gasteiger partial charge is 0.389 e. The highest BCUT2D eigenvalue weighted by Gasteiger charge is 2.34. The van der Waals surface area contributed by atoms with E-state index in [1.165, 1.54) is 0 Å². The lowest BCUT2D eigenvalue weighted by Gasteiger charge is -2.38. The zero-order chi connectivity index (χ0) is 21.0. The third kappa shape index (κ3) is 4.22. The van der Waals surface area contributed by atoms with Crippen LogP contribution in [0.25, 0.3) is 11.3 Å². The van der Waals surface area contributed by atoms with Crippen LogP contribution in [0.4, 0.5) is 0 Å². The Morgan fingerprint density at radius 2 is 1.77 bits per heavy atom. The Morgan fingerprint density at radius 1 is 1.07 bits per heavy atom. The number of nitriles is 1. The number of likely N-dealkylation sites (tertiary alicyclic amines) is 1. The molecule has 1 fully saturated rings. The van der Waals surface area contributed by atoms with Crippen molar-refractivity contribution in [1.29, 1.82) is 5.26 Å². The predicted octanol–water partition coefficient (Wildman–Crippen LogP) is 3.23. The predicted molar refractivity (Wildman–Crippen MR) is 112 cm³/mol. The molecule has 2 aromatic heterocycles. The van der Waals surface area contributed by atoms with Gasteiger partial charge in [0.2, 0.25) is 0 Å². The van der Waals surface area contributed by atoms with Gasteiger partial charge in [-0.15, -0.1) is 0 Å². The molecular weight excluding hydrogens is 376 g/mol. The molecule has 0 spiro atoms. The maximum atomic E-state index is 13.2. The fraction of sp³-hybridized carbons (Fsp3) is 0.250. The van der Waals surface area contributed by atoms with E-state index in [4.69, 9.17) is 5.26 Å². The summed E-state index contributed by atoms with van der Waals surface area (Å²) in [7, 11) is 0. The summed E-state index contributed by atoms with van der Waals surface area (Å²) in [4.78, 5) is 23.4. The highest BCUT2D eigenvalue weighted by atomic mass is 16.3. The minimum atomic E-state index is -0.853. The number of hydrogen-bond donors (Lipinski definition) is 1. The number of benzene rings is 1. The number of nitrogens with zero attached hydrogens (tertiary/aromatic N) is 4. The minimum Gasteiger partial charge on any atom is -0.389 e. The van der Waals surface area contributed by atoms with Crippen LogP contribution in [0.15, 0.2) is 67.1 Å². The van der Waals surface area contributed by atoms with Gasteiger partial charge in [-0.1, -0.05) is 12.1 Å². The van der Waals surface area contributed by atoms with Gasteiger partial charge in [-0.05, 0) is 54.8 Å². The average Bonchev–Trinajstić information content (AvgIpc) is 2.80. The van der Waals surface area contributed by atoms with Gasteiger partial charge in [-0.3, -0.25) is 14.8 Å². The lowest BCUT2D eigenvalue weighted by atomic mass is 9.85. The van der Waals surface area contributed by atoms with Crippen LogP contribution in [0.1, 0.15) is 34.3 Å². The summed E-state index contributed by atoms with van der Waals surface area (Å²) in [5, 5.41) is 20.0. The number of aromatic nitrogens is 2. The van der Waals surface area contributed by atoms with Gasteiger partial charge in [0.15, 0.2) is 0 Å². The van der Waals surface area contributed by atoms with Crippen molar-refractivity contribution in [3.63, 3.8) is 0 Å². The standard InChI is InChI=1S/C24H22N4O2/c25-17-19-5-3-18(4-6-19)16-24(30)9-14-28(15-10-24)23(29)21-2-1-11-27-22(21)20-7-12-26-13-8-20/h1-8,11-13,30H,9-10,14-16H2. The van der Waals surface area contributed by atoms with Gasteiger partial charge in [0.25, 0.3) is 5.91 Å². The van der Waals surface area contributed by atoms with Crippen molar-refractivity contribution in [2.24, 2.45) is 0 Å². The van der Waals surface area contributed by atoms with E-state index in [9.17, 15) is 9.90 Å². The Kier molecular flexibility index (Phi) is 5.55. The maximum Gasteiger partial charge on any atom is 0.256 e. The van der Waals surface area contributed by atoms with E-state index in [1.54, 1.807) is 47.8 Å². The molecule has 1 aliphatic rings. The van der Waals surface area contributed by atoms with Gasteiger partial charge in [0.1, 0.15) is 0 Å². The molecule has 1 aliphatic heterocycles. The van der Waals surface area contributed by atoms with E-state index < -0.39 is 5.60 Å². The average molecular weight is 398 g/mol. The summed E-state index contributed by atoms with van der Waals surface area (Å²) in [5.41, 5.74) is 2.79. The van der Waals surface area contributed by atoms with Crippen molar-refractivity contribution >= 4 is 5.91 Å². The zero-order valence-corrected chi connectivity index (χ0v) is 16.5. The molecule has 0 bridgehead atoms. The number of rotatable bonds is 4. The molecule has 0 radical (unpaired) electrons. The molecule has 6 nitrogen and oxygen atoms in total. The van der Waals surface area contributed by atoms with Crippen LogP contribution in [0.2, 0.25) is 0 Å². The molecule has 1 N–H and O–H groups in total. The van der Waals surface area contributed by atoms with Crippen LogP contribution < -0.4 is 0 Å². The lowest BCUT2D eigenvalue weighted by Crippen LogP contribution is -2.47. The first-order chi connectivity index (χ1) is 14.6. The summed E-state index contributed by atoms with van der Waals surface area (Å²) >= 11 is 0. The molecule has 0 atom stereocenters. The molecule has 0 aliphatic carbocycles. The highest BCUT2D eigenvalue weighted by molar-refractivity contribution is 5.99. The number of carbonyl (C=O) groups is 1. The quantitative estimate of drug-likeness (QED) is 0.729. The summed E-state index contributed by atoms with van der Waals surface area (Å²) in [6, 6.07) is 16.6. The second-order valence-corrected chi connectivity index (χ2v) is 7.64. The van der Waals surface area contributed by atoms with Crippen molar-refractivity contribution in [3.05, 3.63) is 83.8 Å². The molecule has 30 heavy (non-hydrogen) atoms. The normalized spacial score (nSPS) is 15.4. The molecular formula is C24H22N4O2. The Balaban J connectivity index is 1.45. The Labute approximate surface area is 175 Å². The first-order valence-electron chi connectivity index (χ1n) is 9.94. The molecule has 0 unspecified atom stereocenters. The Hall–Kier alpha value is -3.56. The second kappa shape index (κ2) is 8.44. The van der Waals surface area contributed by atoms with Crippen LogP contribution in [-0.4, -0.2) is 44.6 Å². The molecule has 1 aromatic carbocycles. The third-order valence-electron chi connectivity index (χ3n) is 5.59. The fourth-order valence-electron chi connectivity index (χ4n) is 3.87. The monoisotopic (exact) mass is 398 g/mol. The van der Waals surface area contributed by atoms with Crippen molar-refractivity contribution in [2.75, 3.05) is 13.1 Å². The third-order valence-corrected chi connectivity index (χ3v) is 5.59. The molecule has 0 saturated carbocycles. The van der Waals surface area contributed by atoms with Gasteiger partial charge < -0.3 is 10.0 Å². The topological polar surface area (TPSA) is 90.1 Å². The molecule has 3 aromatic rings. The zero-order valence-electron chi connectivity index (χ0n) is 16.5. The van der Waals surface area contributed by atoms with Crippen molar-refractivity contribution < 1.29 is 9.90 Å². The Morgan fingerprint density at radius 3 is 2.43 bits per heavy atom. The number of amides is 1. The molecule has 6 heteroatoms. The number of aliphatic hydroxyl groups is 1. The van der Waals surface area contributed by atoms with Crippen LogP contribution in [0.3, 0.4) is 0 Å². The van der Waals surface area contributed by atoms with Gasteiger partial charge in [-0.2, -0.15) is 5.26 Å². The number of pyridine rings is 2. The van der Waals surface area contributed by atoms with Gasteiger partial charge in [0.05, 0.1) is 28.5 Å². The summed E-state index contributed by atoms with van der Waals surface area (Å²) in [5.74, 6) is -0.0738. The lowest BCUT2D eigenvalue weighted by molar-refractivity contribution is -0.0162. The summed E-state index contributed by atoms with van der Waals surface area (Å²) in [6.45, 7) is 0.965. The van der Waals surface area contributed by atoms with Gasteiger partial charge in [0, 0.05) is 43.7 Å². The van der Waals surface area contributed by atoms with Crippen molar-refractivity contribution in [2.45, 2.75) is 24.9 Å². The fourth-order valence-corrected chi connectivity index (χ4v) is 3.87. The number of hydrogen-bond acceptors (Lipinski definition) is 5. The first-order valence-corrected chi connectivity index (χ1v) is 9.94. The molecule has 1 saturated heterocycles. The summed E-state index contributed by atoms with van der Waals surface area (Å²) < 4.78 is 0. The molecule has 1 amide bonds. The van der Waals surface area contributed by atoms with Crippen LogP contribution in [0.5, 0.6) is 0 Å². The SMILES string of the molecule is N#Cc1ccc(CC2(O)CCN(C(=O)c3cccnc3-c3ccncc3)CC2)cc1. The molecule has 150 valence electrons. The van der Waals surface area contributed by atoms with Crippen molar-refractivity contribution in [3.8, 4) is 17.3 Å². The molecule has 4 rings (SSSR count). The van der Waals surface area contributed by atoms with E-state index in [2.05, 4.69) is 16.0 Å². The molecule has 3 heterocycles. The Bertz CT molecular complexity index is 1070. The van der Waals surface area contributed by atoms with Crippen LogP contribution in [-0.2, 0) is 6.42 Å². The van der Waals surface area contributed by atoms with Crippen molar-refractivity contribution in [1.82, 2.24) is 14.9 Å². The van der Waals surface area contributed by atoms with Gasteiger partial charge >= 0.3 is 0 Å². The van der Waals surface area contributed by atoms with Gasteiger partial charge in [-0.25, -0.2) is 0 Å². The number of carbonyl (C=O) groups excluding carboxylic acids is 1. The minimum absolute atomic E-state index is 0.0738. The van der Waals surface area contributed by atoms with E-state index in [-0.39, 0.29) is 5.91 Å². The maximum absolute atomic E-state index is 13.2. The number of piperidine rings is 1. The smallest absolute Gasteiger partial charge is 0.256 e. The van der Waals surface area contributed by atoms with E-state index in [1.807, 2.05) is 24.3 Å². The second-order valence-electron chi connectivity index (χ2n) is 7.64. The van der Waals surface area contributed by atoms with E-state index in [0.717, 1.165) is 11.1 Å². The van der Waals surface area contributed by atoms with Crippen LogP contribution >= 0.6 is 0 Å². The first kappa shape index (κ1) is 19.7. The van der Waals surface area contributed by atoms with E-state index >= 15 is 0 Å². The highest BCUT2D eigenvalue weighted by Crippen LogP contribution is 2.29. The van der Waals surface area contributed by atoms with Crippen LogP contribution in [0, 0.1) is 11.3 Å².